The van der Waals surface area contributed by atoms with Crippen LogP contribution in [0.5, 0.6) is 0 Å². The number of alkyl halides is 9. The Morgan fingerprint density at radius 3 is 1.38 bits per heavy atom. The Morgan fingerprint density at radius 1 is 0.517 bits per heavy atom. The highest BCUT2D eigenvalue weighted by Gasteiger charge is 2.67. The van der Waals surface area contributed by atoms with E-state index in [0.29, 0.717) is 57.8 Å². The number of carbonyl (C=O) groups is 4. The molecule has 3 heterocycles. The Labute approximate surface area is 516 Å². The van der Waals surface area contributed by atoms with Crippen molar-refractivity contribution in [3.05, 3.63) is 119 Å². The van der Waals surface area contributed by atoms with Gasteiger partial charge in [-0.25, -0.2) is 19.2 Å². The predicted octanol–water partition coefficient (Wildman–Crippen LogP) is 15.8. The smallest absolute Gasteiger partial charge is 0.432 e. The lowest BCUT2D eigenvalue weighted by Crippen LogP contribution is -2.54. The normalized spacial score (nSPS) is 22.6. The van der Waals surface area contributed by atoms with E-state index in [0.717, 1.165) is 116 Å². The summed E-state index contributed by atoms with van der Waals surface area (Å²) in [6.45, 7) is 3.76. The zero-order valence-corrected chi connectivity index (χ0v) is 51.5. The molecule has 0 N–H and O–H groups in total. The summed E-state index contributed by atoms with van der Waals surface area (Å²) < 4.78 is 186. The molecule has 3 aromatic carbocycles. The van der Waals surface area contributed by atoms with Crippen LogP contribution in [0.4, 0.5) is 39.5 Å². The molecule has 0 bridgehead atoms. The first kappa shape index (κ1) is 72.5. The van der Waals surface area contributed by atoms with Gasteiger partial charge < -0.3 is 42.6 Å². The second kappa shape index (κ2) is 33.7. The molecule has 0 saturated carbocycles. The van der Waals surface area contributed by atoms with Crippen molar-refractivity contribution < 1.29 is 101 Å². The van der Waals surface area contributed by atoms with Crippen LogP contribution in [-0.2, 0) is 78.6 Å². The highest BCUT2D eigenvalue weighted by Crippen LogP contribution is 2.47. The molecular formula is C67H87F9O13. The molecule has 89 heavy (non-hydrogen) atoms. The summed E-state index contributed by atoms with van der Waals surface area (Å²) in [5.41, 5.74) is -11.6. The van der Waals surface area contributed by atoms with Crippen molar-refractivity contribution in [2.24, 2.45) is 0 Å². The number of ether oxygens (including phenoxy) is 9. The van der Waals surface area contributed by atoms with Gasteiger partial charge in [0.2, 0.25) is 0 Å². The third-order valence-corrected chi connectivity index (χ3v) is 17.3. The van der Waals surface area contributed by atoms with Gasteiger partial charge in [-0.3, -0.25) is 0 Å². The Bertz CT molecular complexity index is 2680. The van der Waals surface area contributed by atoms with Crippen LogP contribution in [0.1, 0.15) is 185 Å². The van der Waals surface area contributed by atoms with Crippen LogP contribution in [0.15, 0.2) is 103 Å². The second-order valence-electron chi connectivity index (χ2n) is 23.4. The second-order valence-corrected chi connectivity index (χ2v) is 23.4. The van der Waals surface area contributed by atoms with E-state index in [2.05, 4.69) is 6.92 Å². The van der Waals surface area contributed by atoms with Crippen molar-refractivity contribution in [2.75, 3.05) is 21.3 Å². The van der Waals surface area contributed by atoms with Crippen molar-refractivity contribution in [3.63, 3.8) is 0 Å². The Morgan fingerprint density at radius 2 is 0.933 bits per heavy atom. The van der Waals surface area contributed by atoms with Gasteiger partial charge in [0.1, 0.15) is 24.4 Å². The van der Waals surface area contributed by atoms with E-state index >= 15 is 26.3 Å². The summed E-state index contributed by atoms with van der Waals surface area (Å²) in [5, 5.41) is 0. The summed E-state index contributed by atoms with van der Waals surface area (Å²) >= 11 is 0. The van der Waals surface area contributed by atoms with Crippen molar-refractivity contribution in [3.8, 4) is 0 Å². The predicted molar refractivity (Wildman–Crippen MR) is 311 cm³/mol. The number of benzene rings is 3. The van der Waals surface area contributed by atoms with Gasteiger partial charge in [0.25, 0.3) is 16.8 Å². The van der Waals surface area contributed by atoms with Crippen LogP contribution in [0.2, 0.25) is 0 Å². The minimum absolute atomic E-state index is 0.105. The molecule has 0 aromatic heterocycles. The monoisotopic (exact) mass is 1270 g/mol. The molecule has 0 amide bonds. The molecule has 13 nitrogen and oxygen atoms in total. The van der Waals surface area contributed by atoms with Crippen molar-refractivity contribution in [1.29, 1.82) is 0 Å². The van der Waals surface area contributed by atoms with Crippen LogP contribution < -0.4 is 0 Å². The number of halogens is 9. The maximum Gasteiger partial charge on any atom is 0.432 e. The SMILES string of the molecule is CCCCCCCCCC[C@@H]1O[C@H]([C@H]2CC[C@H]([C@@H](CCCCCCCCCC[C@H](CC3=C[C@H](C)OC3=O)OC(=O)[C@](OC)(c3ccccc3)C(F)(F)F)OC(=O)[C@](OC)(c3ccccc3)C(F)(F)F)O2)CC[C@H]1OC(=O)[C@](OC)(c1ccccc1)C(F)(F)F. The van der Waals surface area contributed by atoms with E-state index in [1.807, 2.05) is 0 Å². The van der Waals surface area contributed by atoms with E-state index in [9.17, 15) is 32.3 Å². The van der Waals surface area contributed by atoms with E-state index < -0.39 is 125 Å². The summed E-state index contributed by atoms with van der Waals surface area (Å²) in [4.78, 5) is 54.3. The summed E-state index contributed by atoms with van der Waals surface area (Å²) in [5.74, 6) is -5.64. The van der Waals surface area contributed by atoms with Crippen molar-refractivity contribution in [1.82, 2.24) is 0 Å². The number of hydrogen-bond acceptors (Lipinski definition) is 13. The molecular weight excluding hydrogens is 1180 g/mol. The third kappa shape index (κ3) is 18.2. The number of unbranched alkanes of at least 4 members (excludes halogenated alkanes) is 14. The van der Waals surface area contributed by atoms with Crippen molar-refractivity contribution in [2.45, 2.75) is 252 Å². The van der Waals surface area contributed by atoms with E-state index in [-0.39, 0.29) is 44.1 Å². The molecule has 3 aromatic rings. The summed E-state index contributed by atoms with van der Waals surface area (Å²) in [6, 6.07) is 19.4. The number of hydrogen-bond donors (Lipinski definition) is 0. The molecule has 22 heteroatoms. The van der Waals surface area contributed by atoms with Crippen LogP contribution in [-0.4, -0.2) is 113 Å². The average Bonchev–Trinajstić information content (AvgIpc) is 2.27. The van der Waals surface area contributed by atoms with Gasteiger partial charge >= 0.3 is 42.4 Å². The van der Waals surface area contributed by atoms with Crippen LogP contribution in [0.3, 0.4) is 0 Å². The quantitative estimate of drug-likeness (QED) is 0.0235. The van der Waals surface area contributed by atoms with E-state index in [1.54, 1.807) is 6.92 Å². The number of carbonyl (C=O) groups excluding carboxylic acids is 4. The summed E-state index contributed by atoms with van der Waals surface area (Å²) in [6.07, 6.45) is -7.28. The zero-order chi connectivity index (χ0) is 64.9. The first-order valence-corrected chi connectivity index (χ1v) is 31.3. The highest BCUT2D eigenvalue weighted by molar-refractivity contribution is 5.91. The fraction of sp³-hybridized carbons (Fsp3) is 0.642. The largest absolute Gasteiger partial charge is 0.459 e. The lowest BCUT2D eigenvalue weighted by Gasteiger charge is -2.40. The number of cyclic esters (lactones) is 1. The van der Waals surface area contributed by atoms with Gasteiger partial charge in [0.05, 0.1) is 24.4 Å². The molecule has 3 aliphatic heterocycles. The third-order valence-electron chi connectivity index (χ3n) is 17.3. The highest BCUT2D eigenvalue weighted by atomic mass is 19.4. The topological polar surface area (TPSA) is 151 Å². The lowest BCUT2D eigenvalue weighted by molar-refractivity contribution is -0.283. The molecule has 2 saturated heterocycles. The van der Waals surface area contributed by atoms with E-state index in [1.165, 1.54) is 60.7 Å². The lowest BCUT2D eigenvalue weighted by atomic mass is 9.91. The molecule has 6 rings (SSSR count). The van der Waals surface area contributed by atoms with E-state index in [4.69, 9.17) is 42.6 Å². The van der Waals surface area contributed by atoms with Gasteiger partial charge in [0, 0.05) is 50.0 Å². The van der Waals surface area contributed by atoms with Gasteiger partial charge in [-0.1, -0.05) is 188 Å². The Balaban J connectivity index is 1.10. The summed E-state index contributed by atoms with van der Waals surface area (Å²) in [7, 11) is 2.36. The Kier molecular flexibility index (Phi) is 27.4. The molecule has 496 valence electrons. The fourth-order valence-corrected chi connectivity index (χ4v) is 12.4. The number of esters is 4. The zero-order valence-electron chi connectivity index (χ0n) is 51.5. The molecule has 0 aliphatic carbocycles. The molecule has 3 aliphatic rings. The minimum atomic E-state index is -5.26. The maximum atomic E-state index is 15.2. The number of methoxy groups -OCH3 is 3. The van der Waals surface area contributed by atoms with Crippen LogP contribution in [0, 0.1) is 0 Å². The molecule has 2 fully saturated rings. The maximum absolute atomic E-state index is 15.2. The van der Waals surface area contributed by atoms with Crippen LogP contribution in [0.25, 0.3) is 0 Å². The first-order chi connectivity index (χ1) is 42.4. The van der Waals surface area contributed by atoms with Gasteiger partial charge in [-0.15, -0.1) is 0 Å². The van der Waals surface area contributed by atoms with Gasteiger partial charge in [-0.05, 0) is 70.8 Å². The standard InChI is InChI=1S/C67H87F9O13/c1-6-7-8-9-10-14-17-29-38-52-57(89-61(80)64(83-5,67(74,75)76)50-35-26-21-27-36-50)43-42-55(86-52)56-41-40-54(87-56)53(88-60(79)63(82-4,66(71,72)73)49-33-24-20-25-34-49)39-30-18-15-12-11-13-16-28-37-51(45-47-44-46(2)84-58(47)77)85-59(78)62(81-3,65(68,69)70)48-31-22-19-23-32-48/h19-27,31-36,44,46,51-57H,6-18,28-30,37-43,45H2,1-5H3/t46-,51+,52-,53+,54+,55-,56+,57+,62+,63+,64+/m0/s1. The van der Waals surface area contributed by atoms with Crippen molar-refractivity contribution >= 4 is 23.9 Å². The van der Waals surface area contributed by atoms with Gasteiger partial charge in [-0.2, -0.15) is 39.5 Å². The first-order valence-electron chi connectivity index (χ1n) is 31.3. The molecule has 0 radical (unpaired) electrons. The molecule has 0 unspecified atom stereocenters. The molecule has 0 spiro atoms. The molecule has 11 atom stereocenters. The number of rotatable bonds is 36. The Hall–Kier alpha value is -5.55. The van der Waals surface area contributed by atoms with Gasteiger partial charge in [0.15, 0.2) is 0 Å². The fourth-order valence-electron chi connectivity index (χ4n) is 12.4. The minimum Gasteiger partial charge on any atom is -0.459 e. The average molecular weight is 1270 g/mol. The van der Waals surface area contributed by atoms with Crippen LogP contribution >= 0.6 is 0 Å².